The number of rotatable bonds is 7. The molecular weight excluding hydrogens is 292 g/mol. The van der Waals surface area contributed by atoms with Crippen molar-refractivity contribution >= 4 is 23.5 Å². The van der Waals surface area contributed by atoms with Crippen LogP contribution in [0, 0.1) is 0 Å². The van der Waals surface area contributed by atoms with E-state index < -0.39 is 12.2 Å². The SMILES string of the molecule is CCSC(=C[C@@H](O)[C@@H](O)C(O)=C1CCCCC1)SCC. The summed E-state index contributed by atoms with van der Waals surface area (Å²) in [6.45, 7) is 4.11. The molecule has 0 aromatic rings. The molecule has 0 aromatic heterocycles. The van der Waals surface area contributed by atoms with Gasteiger partial charge in [-0.25, -0.2) is 0 Å². The topological polar surface area (TPSA) is 60.7 Å². The molecule has 1 aliphatic carbocycles. The van der Waals surface area contributed by atoms with E-state index in [0.717, 1.165) is 47.0 Å². The van der Waals surface area contributed by atoms with Gasteiger partial charge in [0.25, 0.3) is 0 Å². The van der Waals surface area contributed by atoms with Gasteiger partial charge >= 0.3 is 0 Å². The Labute approximate surface area is 130 Å². The fraction of sp³-hybridized carbons (Fsp3) is 0.733. The molecule has 0 unspecified atom stereocenters. The second kappa shape index (κ2) is 9.77. The molecule has 0 spiro atoms. The average Bonchev–Trinajstić information content (AvgIpc) is 2.47. The number of aliphatic hydroxyl groups is 3. The predicted molar refractivity (Wildman–Crippen MR) is 89.1 cm³/mol. The third-order valence-electron chi connectivity index (χ3n) is 3.30. The first kappa shape index (κ1) is 18.0. The Balaban J connectivity index is 2.73. The lowest BCUT2D eigenvalue weighted by atomic mass is 9.92. The molecule has 1 rings (SSSR count). The summed E-state index contributed by atoms with van der Waals surface area (Å²) in [7, 11) is 0. The van der Waals surface area contributed by atoms with Crippen molar-refractivity contribution in [2.75, 3.05) is 11.5 Å². The van der Waals surface area contributed by atoms with Crippen molar-refractivity contribution in [3.8, 4) is 0 Å². The first-order valence-electron chi connectivity index (χ1n) is 7.34. The van der Waals surface area contributed by atoms with Crippen molar-refractivity contribution in [3.05, 3.63) is 21.6 Å². The van der Waals surface area contributed by atoms with Crippen molar-refractivity contribution in [2.24, 2.45) is 0 Å². The Bertz CT molecular complexity index is 337. The van der Waals surface area contributed by atoms with E-state index in [0.29, 0.717) is 0 Å². The van der Waals surface area contributed by atoms with Gasteiger partial charge in [0.1, 0.15) is 18.0 Å². The maximum absolute atomic E-state index is 10.1. The van der Waals surface area contributed by atoms with Crippen LogP contribution in [0.2, 0.25) is 0 Å². The van der Waals surface area contributed by atoms with Crippen molar-refractivity contribution < 1.29 is 15.3 Å². The molecular formula is C15H26O3S2. The lowest BCUT2D eigenvalue weighted by Crippen LogP contribution is -2.27. The zero-order valence-electron chi connectivity index (χ0n) is 12.3. The summed E-state index contributed by atoms with van der Waals surface area (Å²) in [6, 6.07) is 0. The van der Waals surface area contributed by atoms with Crippen molar-refractivity contribution in [1.29, 1.82) is 0 Å². The van der Waals surface area contributed by atoms with E-state index in [1.54, 1.807) is 29.6 Å². The number of hydrogen-bond acceptors (Lipinski definition) is 5. The Kier molecular flexibility index (Phi) is 8.77. The Morgan fingerprint density at radius 3 is 2.15 bits per heavy atom. The molecule has 20 heavy (non-hydrogen) atoms. The molecule has 0 bridgehead atoms. The molecule has 0 aliphatic heterocycles. The lowest BCUT2D eigenvalue weighted by Gasteiger charge is -2.21. The molecule has 1 fully saturated rings. The monoisotopic (exact) mass is 318 g/mol. The first-order chi connectivity index (χ1) is 9.60. The second-order valence-electron chi connectivity index (χ2n) is 4.84. The van der Waals surface area contributed by atoms with Crippen LogP contribution in [0.25, 0.3) is 0 Å². The van der Waals surface area contributed by atoms with Gasteiger partial charge in [0.2, 0.25) is 0 Å². The van der Waals surface area contributed by atoms with Crippen LogP contribution < -0.4 is 0 Å². The van der Waals surface area contributed by atoms with E-state index in [-0.39, 0.29) is 5.76 Å². The van der Waals surface area contributed by atoms with E-state index in [1.165, 1.54) is 6.42 Å². The quantitative estimate of drug-likeness (QED) is 0.623. The maximum Gasteiger partial charge on any atom is 0.140 e. The predicted octanol–water partition coefficient (Wildman–Crippen LogP) is 3.83. The highest BCUT2D eigenvalue weighted by Crippen LogP contribution is 2.30. The minimum Gasteiger partial charge on any atom is -0.509 e. The summed E-state index contributed by atoms with van der Waals surface area (Å²) in [6.07, 6.45) is 4.37. The molecule has 0 saturated heterocycles. The Morgan fingerprint density at radius 2 is 1.65 bits per heavy atom. The molecule has 1 saturated carbocycles. The fourth-order valence-electron chi connectivity index (χ4n) is 2.26. The smallest absolute Gasteiger partial charge is 0.140 e. The van der Waals surface area contributed by atoms with Crippen LogP contribution in [0.1, 0.15) is 46.0 Å². The van der Waals surface area contributed by atoms with Gasteiger partial charge in [-0.15, -0.1) is 23.5 Å². The number of thioether (sulfide) groups is 2. The number of aliphatic hydroxyl groups excluding tert-OH is 3. The molecule has 3 N–H and O–H groups in total. The summed E-state index contributed by atoms with van der Waals surface area (Å²) < 4.78 is 1.00. The highest BCUT2D eigenvalue weighted by Gasteiger charge is 2.23. The average molecular weight is 319 g/mol. The van der Waals surface area contributed by atoms with Gasteiger partial charge in [-0.1, -0.05) is 20.3 Å². The third-order valence-corrected chi connectivity index (χ3v) is 5.43. The van der Waals surface area contributed by atoms with Gasteiger partial charge in [-0.3, -0.25) is 0 Å². The lowest BCUT2D eigenvalue weighted by molar-refractivity contribution is 0.0432. The van der Waals surface area contributed by atoms with E-state index in [1.807, 2.05) is 0 Å². The van der Waals surface area contributed by atoms with E-state index in [4.69, 9.17) is 0 Å². The molecule has 0 aromatic carbocycles. The van der Waals surface area contributed by atoms with Gasteiger partial charge in [-0.2, -0.15) is 0 Å². The van der Waals surface area contributed by atoms with E-state index in [2.05, 4.69) is 13.8 Å². The molecule has 3 nitrogen and oxygen atoms in total. The highest BCUT2D eigenvalue weighted by molar-refractivity contribution is 8.22. The molecule has 0 amide bonds. The maximum atomic E-state index is 10.1. The molecule has 0 heterocycles. The number of hydrogen-bond donors (Lipinski definition) is 3. The molecule has 5 heteroatoms. The van der Waals surface area contributed by atoms with Crippen LogP contribution in [0.15, 0.2) is 21.6 Å². The van der Waals surface area contributed by atoms with Crippen molar-refractivity contribution in [2.45, 2.75) is 58.2 Å². The summed E-state index contributed by atoms with van der Waals surface area (Å²) in [4.78, 5) is 0. The normalized spacial score (nSPS) is 18.5. The molecule has 116 valence electrons. The van der Waals surface area contributed by atoms with Crippen LogP contribution in [0.4, 0.5) is 0 Å². The minimum atomic E-state index is -1.20. The van der Waals surface area contributed by atoms with Gasteiger partial charge in [0.05, 0.1) is 0 Å². The van der Waals surface area contributed by atoms with Gasteiger partial charge in [-0.05, 0) is 48.8 Å². The van der Waals surface area contributed by atoms with Gasteiger partial charge in [0.15, 0.2) is 0 Å². The third kappa shape index (κ3) is 5.72. The molecule has 0 radical (unpaired) electrons. The van der Waals surface area contributed by atoms with E-state index >= 15 is 0 Å². The number of allylic oxidation sites excluding steroid dienone is 1. The summed E-state index contributed by atoms with van der Waals surface area (Å²) in [5.41, 5.74) is 0.907. The van der Waals surface area contributed by atoms with Crippen LogP contribution in [0.5, 0.6) is 0 Å². The largest absolute Gasteiger partial charge is 0.509 e. The van der Waals surface area contributed by atoms with Crippen LogP contribution in [0.3, 0.4) is 0 Å². The zero-order chi connectivity index (χ0) is 15.0. The minimum absolute atomic E-state index is 0.0178. The zero-order valence-corrected chi connectivity index (χ0v) is 14.0. The molecule has 2 atom stereocenters. The Morgan fingerprint density at radius 1 is 1.10 bits per heavy atom. The van der Waals surface area contributed by atoms with Gasteiger partial charge < -0.3 is 15.3 Å². The fourth-order valence-corrected chi connectivity index (χ4v) is 4.34. The highest BCUT2D eigenvalue weighted by atomic mass is 32.2. The van der Waals surface area contributed by atoms with Crippen molar-refractivity contribution in [3.63, 3.8) is 0 Å². The summed E-state index contributed by atoms with van der Waals surface area (Å²) >= 11 is 3.30. The summed E-state index contributed by atoms with van der Waals surface area (Å²) in [5.74, 6) is 1.83. The standard InChI is InChI=1S/C15H26O3S2/c1-3-19-13(20-4-2)10-12(16)15(18)14(17)11-8-6-5-7-9-11/h10,12,15-18H,3-9H2,1-2H3/t12-,15-/m1/s1. The Hall–Kier alpha value is -0.100. The molecule has 1 aliphatic rings. The second-order valence-corrected chi connectivity index (χ2v) is 7.71. The first-order valence-corrected chi connectivity index (χ1v) is 9.31. The van der Waals surface area contributed by atoms with Crippen LogP contribution >= 0.6 is 23.5 Å². The van der Waals surface area contributed by atoms with E-state index in [9.17, 15) is 15.3 Å². The summed E-state index contributed by atoms with van der Waals surface area (Å²) in [5, 5.41) is 30.3. The van der Waals surface area contributed by atoms with Crippen LogP contribution in [-0.2, 0) is 0 Å². The van der Waals surface area contributed by atoms with Crippen LogP contribution in [-0.4, -0.2) is 39.0 Å². The van der Waals surface area contributed by atoms with Crippen molar-refractivity contribution in [1.82, 2.24) is 0 Å². The van der Waals surface area contributed by atoms with Gasteiger partial charge in [0, 0.05) is 4.24 Å².